The van der Waals surface area contributed by atoms with Gasteiger partial charge in [0.05, 0.1) is 12.4 Å². The minimum atomic E-state index is 0.180. The number of aromatic nitrogens is 3. The maximum absolute atomic E-state index is 3.97. The summed E-state index contributed by atoms with van der Waals surface area (Å²) in [5.41, 5.74) is 0. The highest BCUT2D eigenvalue weighted by Gasteiger charge is 2.12. The van der Waals surface area contributed by atoms with Gasteiger partial charge in [-0.25, -0.2) is 0 Å². The van der Waals surface area contributed by atoms with Crippen molar-refractivity contribution < 1.29 is 0 Å². The molecular weight excluding hydrogens is 146 g/mol. The fraction of sp³-hybridized carbons (Fsp3) is 0.667. The number of nitrogens with zero attached hydrogens (tertiary/aromatic N) is 3. The summed E-state index contributed by atoms with van der Waals surface area (Å²) in [5.74, 6) is 0. The second-order valence-electron chi connectivity index (χ2n) is 2.99. The summed E-state index contributed by atoms with van der Waals surface area (Å²) in [7, 11) is 0. The van der Waals surface area contributed by atoms with Gasteiger partial charge < -0.3 is 0 Å². The summed E-state index contributed by atoms with van der Waals surface area (Å²) in [4.78, 5) is 0. The van der Waals surface area contributed by atoms with E-state index in [2.05, 4.69) is 31.0 Å². The van der Waals surface area contributed by atoms with Crippen LogP contribution in [0.3, 0.4) is 0 Å². The molecule has 1 aromatic rings. The monoisotopic (exact) mass is 157 g/mol. The molecule has 0 amide bonds. The van der Waals surface area contributed by atoms with Gasteiger partial charge in [-0.1, -0.05) is 0 Å². The van der Waals surface area contributed by atoms with E-state index in [-0.39, 0.29) is 4.75 Å². The molecule has 0 saturated carbocycles. The minimum Gasteiger partial charge on any atom is -0.151 e. The van der Waals surface area contributed by atoms with Gasteiger partial charge in [0.2, 0.25) is 0 Å². The van der Waals surface area contributed by atoms with Crippen molar-refractivity contribution in [2.45, 2.75) is 25.5 Å². The molecule has 56 valence electrons. The lowest BCUT2D eigenvalue weighted by molar-refractivity contribution is 0.764. The first-order valence-electron chi connectivity index (χ1n) is 3.14. The third-order valence-corrected chi connectivity index (χ3v) is 1.65. The standard InChI is InChI=1S/C6H11N3S/c1-6(2,3)10-9-7-4-5-8-9/h4-5H,1-3H3. The van der Waals surface area contributed by atoms with Crippen LogP contribution in [-0.4, -0.2) is 19.1 Å². The molecule has 0 bridgehead atoms. The molecule has 0 unspecified atom stereocenters. The third kappa shape index (κ3) is 2.39. The van der Waals surface area contributed by atoms with Crippen LogP contribution in [-0.2, 0) is 0 Å². The topological polar surface area (TPSA) is 30.7 Å². The fourth-order valence-corrected chi connectivity index (χ4v) is 1.19. The summed E-state index contributed by atoms with van der Waals surface area (Å²) in [6, 6.07) is 0. The van der Waals surface area contributed by atoms with Crippen LogP contribution >= 0.6 is 11.9 Å². The smallest absolute Gasteiger partial charge is 0.0704 e. The quantitative estimate of drug-likeness (QED) is 0.620. The Morgan fingerprint density at radius 1 is 1.20 bits per heavy atom. The Balaban J connectivity index is 2.57. The van der Waals surface area contributed by atoms with Crippen LogP contribution in [0.5, 0.6) is 0 Å². The van der Waals surface area contributed by atoms with Gasteiger partial charge in [-0.05, 0) is 20.8 Å². The van der Waals surface area contributed by atoms with Crippen molar-refractivity contribution in [1.82, 2.24) is 14.4 Å². The lowest BCUT2D eigenvalue weighted by Crippen LogP contribution is -2.12. The second kappa shape index (κ2) is 2.62. The van der Waals surface area contributed by atoms with Crippen LogP contribution in [0.4, 0.5) is 0 Å². The molecule has 10 heavy (non-hydrogen) atoms. The van der Waals surface area contributed by atoms with Crippen molar-refractivity contribution in [3.05, 3.63) is 12.4 Å². The molecule has 0 fully saturated rings. The zero-order valence-electron chi connectivity index (χ0n) is 6.40. The molecule has 0 saturated heterocycles. The van der Waals surface area contributed by atoms with Crippen LogP contribution in [0.1, 0.15) is 20.8 Å². The highest BCUT2D eigenvalue weighted by molar-refractivity contribution is 7.98. The SMILES string of the molecule is CC(C)(C)Sn1nccn1. The number of hydrogen-bond donors (Lipinski definition) is 0. The van der Waals surface area contributed by atoms with E-state index in [0.29, 0.717) is 0 Å². The predicted molar refractivity (Wildman–Crippen MR) is 42.8 cm³/mol. The molecule has 1 heterocycles. The van der Waals surface area contributed by atoms with E-state index in [4.69, 9.17) is 0 Å². The normalized spacial score (nSPS) is 11.9. The summed E-state index contributed by atoms with van der Waals surface area (Å²) in [6.45, 7) is 6.38. The van der Waals surface area contributed by atoms with Crippen LogP contribution in [0.15, 0.2) is 12.4 Å². The van der Waals surface area contributed by atoms with E-state index in [0.717, 1.165) is 0 Å². The van der Waals surface area contributed by atoms with Crippen molar-refractivity contribution >= 4 is 11.9 Å². The Morgan fingerprint density at radius 3 is 2.10 bits per heavy atom. The Hall–Kier alpha value is -0.510. The molecule has 0 atom stereocenters. The number of hydrogen-bond acceptors (Lipinski definition) is 3. The minimum absolute atomic E-state index is 0.180. The van der Waals surface area contributed by atoms with Crippen LogP contribution < -0.4 is 0 Å². The van der Waals surface area contributed by atoms with E-state index in [1.54, 1.807) is 28.5 Å². The van der Waals surface area contributed by atoms with Crippen LogP contribution in [0.2, 0.25) is 0 Å². The fourth-order valence-electron chi connectivity index (χ4n) is 0.496. The van der Waals surface area contributed by atoms with E-state index in [9.17, 15) is 0 Å². The van der Waals surface area contributed by atoms with Gasteiger partial charge in [0.15, 0.2) is 0 Å². The first kappa shape index (κ1) is 7.60. The summed E-state index contributed by atoms with van der Waals surface area (Å²) in [5, 5.41) is 7.94. The first-order valence-corrected chi connectivity index (χ1v) is 3.91. The Labute approximate surface area is 64.9 Å². The maximum atomic E-state index is 3.97. The highest BCUT2D eigenvalue weighted by Crippen LogP contribution is 2.22. The lowest BCUT2D eigenvalue weighted by atomic mass is 10.3. The van der Waals surface area contributed by atoms with Gasteiger partial charge in [0.1, 0.15) is 0 Å². The average molecular weight is 157 g/mol. The molecule has 4 heteroatoms. The summed E-state index contributed by atoms with van der Waals surface area (Å²) < 4.78 is 1.80. The molecular formula is C6H11N3S. The lowest BCUT2D eigenvalue weighted by Gasteiger charge is -2.14. The second-order valence-corrected chi connectivity index (χ2v) is 4.72. The van der Waals surface area contributed by atoms with Gasteiger partial charge in [0.25, 0.3) is 0 Å². The summed E-state index contributed by atoms with van der Waals surface area (Å²) >= 11 is 1.60. The van der Waals surface area contributed by atoms with Crippen molar-refractivity contribution in [2.24, 2.45) is 0 Å². The predicted octanol–water partition coefficient (Wildman–Crippen LogP) is 1.57. The molecule has 1 aromatic heterocycles. The van der Waals surface area contributed by atoms with Crippen molar-refractivity contribution in [1.29, 1.82) is 0 Å². The number of rotatable bonds is 1. The summed E-state index contributed by atoms with van der Waals surface area (Å²) in [6.07, 6.45) is 3.36. The zero-order chi connectivity index (χ0) is 7.61. The van der Waals surface area contributed by atoms with Gasteiger partial charge in [-0.3, -0.25) is 0 Å². The van der Waals surface area contributed by atoms with E-state index in [1.807, 2.05) is 0 Å². The molecule has 0 aliphatic heterocycles. The maximum Gasteiger partial charge on any atom is 0.0704 e. The van der Waals surface area contributed by atoms with Gasteiger partial charge in [-0.15, -0.1) is 4.20 Å². The molecule has 3 nitrogen and oxygen atoms in total. The third-order valence-electron chi connectivity index (χ3n) is 0.753. The van der Waals surface area contributed by atoms with E-state index < -0.39 is 0 Å². The largest absolute Gasteiger partial charge is 0.151 e. The van der Waals surface area contributed by atoms with Gasteiger partial charge >= 0.3 is 0 Å². The van der Waals surface area contributed by atoms with Crippen molar-refractivity contribution in [2.75, 3.05) is 0 Å². The molecule has 0 radical (unpaired) electrons. The van der Waals surface area contributed by atoms with Crippen molar-refractivity contribution in [3.63, 3.8) is 0 Å². The molecule has 0 aliphatic rings. The van der Waals surface area contributed by atoms with Crippen LogP contribution in [0.25, 0.3) is 0 Å². The van der Waals surface area contributed by atoms with Gasteiger partial charge in [-0.2, -0.15) is 10.2 Å². The average Bonchev–Trinajstić information content (AvgIpc) is 2.12. The molecule has 0 aromatic carbocycles. The van der Waals surface area contributed by atoms with E-state index >= 15 is 0 Å². The molecule has 0 aliphatic carbocycles. The zero-order valence-corrected chi connectivity index (χ0v) is 7.22. The molecule has 1 rings (SSSR count). The first-order chi connectivity index (χ1) is 4.58. The Kier molecular flexibility index (Phi) is 1.99. The van der Waals surface area contributed by atoms with E-state index in [1.165, 1.54) is 0 Å². The van der Waals surface area contributed by atoms with Gasteiger partial charge in [0, 0.05) is 16.7 Å². The van der Waals surface area contributed by atoms with Crippen molar-refractivity contribution in [3.8, 4) is 0 Å². The Bertz CT molecular complexity index is 187. The van der Waals surface area contributed by atoms with Crippen LogP contribution in [0, 0.1) is 0 Å². The highest BCUT2D eigenvalue weighted by atomic mass is 32.2. The Morgan fingerprint density at radius 2 is 1.70 bits per heavy atom. The molecule has 0 spiro atoms. The molecule has 0 N–H and O–H groups in total.